The summed E-state index contributed by atoms with van der Waals surface area (Å²) >= 11 is 1.65. The Bertz CT molecular complexity index is 131. The average Bonchev–Trinajstić information content (AvgIpc) is 1.97. The summed E-state index contributed by atoms with van der Waals surface area (Å²) < 4.78 is 38.0. The minimum absolute atomic E-state index is 0.215. The minimum atomic E-state index is -4.51. The monoisotopic (exact) mass is 217 g/mol. The first-order chi connectivity index (χ1) is 5.95. The topological polar surface area (TPSA) is 21.3 Å². The molecule has 80 valence electrons. The van der Waals surface area contributed by atoms with Crippen LogP contribution >= 0.6 is 11.8 Å². The molecule has 0 aliphatic heterocycles. The number of nitrogens with one attached hydrogen (secondary N) is 1. The number of alkyl halides is 3. The Morgan fingerprint density at radius 1 is 1.46 bits per heavy atom. The molecule has 1 unspecified atom stereocenters. The highest BCUT2D eigenvalue weighted by Crippen LogP contribution is 2.15. The summed E-state index contributed by atoms with van der Waals surface area (Å²) in [6.07, 6.45) is -2.56. The van der Waals surface area contributed by atoms with Gasteiger partial charge in [-0.25, -0.2) is 0 Å². The summed E-state index contributed by atoms with van der Waals surface area (Å²) in [5, 5.41) is 2.91. The van der Waals surface area contributed by atoms with Crippen LogP contribution in [0.1, 0.15) is 6.92 Å². The summed E-state index contributed by atoms with van der Waals surface area (Å²) in [6.45, 7) is 1.81. The van der Waals surface area contributed by atoms with Gasteiger partial charge in [-0.2, -0.15) is 11.8 Å². The molecule has 2 nitrogen and oxygen atoms in total. The highest BCUT2D eigenvalue weighted by Gasteiger charge is 2.28. The van der Waals surface area contributed by atoms with E-state index in [9.17, 15) is 13.2 Å². The van der Waals surface area contributed by atoms with Crippen molar-refractivity contribution in [3.8, 4) is 0 Å². The lowest BCUT2D eigenvalue weighted by molar-refractivity contribution is -0.323. The lowest BCUT2D eigenvalue weighted by Crippen LogP contribution is -2.32. The number of thioether (sulfide) groups is 1. The molecule has 0 aromatic carbocycles. The van der Waals surface area contributed by atoms with E-state index in [0.717, 1.165) is 5.75 Å². The number of halogens is 3. The van der Waals surface area contributed by atoms with E-state index in [2.05, 4.69) is 10.1 Å². The van der Waals surface area contributed by atoms with Crippen molar-refractivity contribution in [2.45, 2.75) is 19.3 Å². The zero-order chi connectivity index (χ0) is 10.3. The van der Waals surface area contributed by atoms with E-state index in [1.807, 2.05) is 13.2 Å². The van der Waals surface area contributed by atoms with Crippen LogP contribution in [0, 0.1) is 0 Å². The number of rotatable bonds is 6. The lowest BCUT2D eigenvalue weighted by Gasteiger charge is -2.12. The van der Waals surface area contributed by atoms with Gasteiger partial charge < -0.3 is 5.32 Å². The number of hydrogen-bond donors (Lipinski definition) is 1. The molecule has 1 N–H and O–H groups in total. The molecule has 0 radical (unpaired) electrons. The first kappa shape index (κ1) is 13.1. The predicted octanol–water partition coefficient (Wildman–Crippen LogP) is 1.86. The Hall–Kier alpha value is 0.0600. The third-order valence-electron chi connectivity index (χ3n) is 1.28. The average molecular weight is 217 g/mol. The summed E-state index contributed by atoms with van der Waals surface area (Å²) in [5.41, 5.74) is 0. The van der Waals surface area contributed by atoms with Gasteiger partial charge in [0.1, 0.15) is 0 Å². The van der Waals surface area contributed by atoms with Crippen molar-refractivity contribution in [2.75, 3.05) is 25.2 Å². The van der Waals surface area contributed by atoms with Crippen LogP contribution in [-0.2, 0) is 4.74 Å². The van der Waals surface area contributed by atoms with E-state index in [1.54, 1.807) is 11.8 Å². The molecule has 0 aliphatic carbocycles. The van der Waals surface area contributed by atoms with Crippen LogP contribution in [0.4, 0.5) is 13.2 Å². The molecule has 0 spiro atoms. The molecular formula is C7H14F3NOS. The molecule has 6 heteroatoms. The zero-order valence-corrected chi connectivity index (χ0v) is 8.47. The van der Waals surface area contributed by atoms with E-state index in [4.69, 9.17) is 0 Å². The van der Waals surface area contributed by atoms with Crippen molar-refractivity contribution in [1.82, 2.24) is 5.32 Å². The van der Waals surface area contributed by atoms with Crippen molar-refractivity contribution < 1.29 is 17.9 Å². The third kappa shape index (κ3) is 9.98. The van der Waals surface area contributed by atoms with Gasteiger partial charge in [0.15, 0.2) is 0 Å². The Kier molecular flexibility index (Phi) is 6.53. The van der Waals surface area contributed by atoms with Gasteiger partial charge in [0, 0.05) is 18.3 Å². The van der Waals surface area contributed by atoms with Gasteiger partial charge in [-0.15, -0.1) is 13.2 Å². The van der Waals surface area contributed by atoms with Gasteiger partial charge in [-0.05, 0) is 13.2 Å². The molecule has 0 bridgehead atoms. The standard InChI is InChI=1S/C7H14F3NOS/c1-6(5-13-2)11-3-4-12-7(8,9)10/h6,11H,3-5H2,1-2H3. The second-order valence-corrected chi connectivity index (χ2v) is 3.52. The molecule has 0 aromatic rings. The normalized spacial score (nSPS) is 14.5. The largest absolute Gasteiger partial charge is 0.522 e. The second-order valence-electron chi connectivity index (χ2n) is 2.60. The molecule has 1 atom stereocenters. The van der Waals surface area contributed by atoms with Gasteiger partial charge in [-0.3, -0.25) is 4.74 Å². The first-order valence-corrected chi connectivity index (χ1v) is 5.28. The van der Waals surface area contributed by atoms with Crippen molar-refractivity contribution in [3.63, 3.8) is 0 Å². The SMILES string of the molecule is CSCC(C)NCCOC(F)(F)F. The van der Waals surface area contributed by atoms with E-state index in [1.165, 1.54) is 0 Å². The van der Waals surface area contributed by atoms with Crippen LogP contribution < -0.4 is 5.32 Å². The first-order valence-electron chi connectivity index (χ1n) is 3.88. The van der Waals surface area contributed by atoms with Crippen molar-refractivity contribution in [3.05, 3.63) is 0 Å². The second kappa shape index (κ2) is 6.50. The van der Waals surface area contributed by atoms with Crippen LogP contribution in [-0.4, -0.2) is 37.6 Å². The van der Waals surface area contributed by atoms with Crippen molar-refractivity contribution >= 4 is 11.8 Å². The predicted molar refractivity (Wildman–Crippen MR) is 47.9 cm³/mol. The van der Waals surface area contributed by atoms with Crippen LogP contribution in [0.5, 0.6) is 0 Å². The summed E-state index contributed by atoms with van der Waals surface area (Å²) in [6, 6.07) is 0.215. The fourth-order valence-corrected chi connectivity index (χ4v) is 1.40. The fraction of sp³-hybridized carbons (Fsp3) is 1.00. The Morgan fingerprint density at radius 2 is 2.08 bits per heavy atom. The van der Waals surface area contributed by atoms with Crippen molar-refractivity contribution in [1.29, 1.82) is 0 Å². The van der Waals surface area contributed by atoms with Crippen LogP contribution in [0.15, 0.2) is 0 Å². The number of hydrogen-bond acceptors (Lipinski definition) is 3. The molecule has 0 saturated heterocycles. The Morgan fingerprint density at radius 3 is 2.54 bits per heavy atom. The Balaban J connectivity index is 3.25. The van der Waals surface area contributed by atoms with Gasteiger partial charge in [-0.1, -0.05) is 0 Å². The van der Waals surface area contributed by atoms with E-state index < -0.39 is 6.36 Å². The maximum absolute atomic E-state index is 11.5. The van der Waals surface area contributed by atoms with Crippen LogP contribution in [0.25, 0.3) is 0 Å². The molecule has 0 saturated carbocycles. The molecule has 0 fully saturated rings. The quantitative estimate of drug-likeness (QED) is 0.686. The van der Waals surface area contributed by atoms with E-state index >= 15 is 0 Å². The van der Waals surface area contributed by atoms with Crippen molar-refractivity contribution in [2.24, 2.45) is 0 Å². The molecule has 0 heterocycles. The van der Waals surface area contributed by atoms with Crippen LogP contribution in [0.2, 0.25) is 0 Å². The highest BCUT2D eigenvalue weighted by atomic mass is 32.2. The molecule has 0 aliphatic rings. The van der Waals surface area contributed by atoms with E-state index in [-0.39, 0.29) is 19.2 Å². The number of ether oxygens (including phenoxy) is 1. The summed E-state index contributed by atoms with van der Waals surface area (Å²) in [7, 11) is 0. The summed E-state index contributed by atoms with van der Waals surface area (Å²) in [4.78, 5) is 0. The molecule has 13 heavy (non-hydrogen) atoms. The maximum atomic E-state index is 11.5. The van der Waals surface area contributed by atoms with Gasteiger partial charge in [0.25, 0.3) is 0 Å². The molecular weight excluding hydrogens is 203 g/mol. The van der Waals surface area contributed by atoms with E-state index in [0.29, 0.717) is 0 Å². The Labute approximate surface area is 80.2 Å². The smallest absolute Gasteiger partial charge is 0.311 e. The highest BCUT2D eigenvalue weighted by molar-refractivity contribution is 7.98. The van der Waals surface area contributed by atoms with Gasteiger partial charge in [0.2, 0.25) is 0 Å². The summed E-state index contributed by atoms with van der Waals surface area (Å²) in [5.74, 6) is 0.881. The molecule has 0 amide bonds. The van der Waals surface area contributed by atoms with Gasteiger partial charge >= 0.3 is 6.36 Å². The lowest BCUT2D eigenvalue weighted by atomic mass is 10.4. The molecule has 0 aromatic heterocycles. The minimum Gasteiger partial charge on any atom is -0.311 e. The molecule has 0 rings (SSSR count). The van der Waals surface area contributed by atoms with Gasteiger partial charge in [0.05, 0.1) is 6.61 Å². The van der Waals surface area contributed by atoms with Crippen LogP contribution in [0.3, 0.4) is 0 Å². The zero-order valence-electron chi connectivity index (χ0n) is 7.65. The maximum Gasteiger partial charge on any atom is 0.522 e. The third-order valence-corrected chi connectivity index (χ3v) is 2.11. The fourth-order valence-electron chi connectivity index (χ4n) is 0.781.